The highest BCUT2D eigenvalue weighted by molar-refractivity contribution is 5.90. The van der Waals surface area contributed by atoms with E-state index >= 15 is 0 Å². The smallest absolute Gasteiger partial charge is 0.414 e. The Bertz CT molecular complexity index is 786. The number of hydrogen-bond donors (Lipinski definition) is 2. The Labute approximate surface area is 167 Å². The van der Waals surface area contributed by atoms with Crippen LogP contribution in [-0.2, 0) is 4.74 Å². The lowest BCUT2D eigenvalue weighted by Gasteiger charge is -2.39. The summed E-state index contributed by atoms with van der Waals surface area (Å²) in [5.41, 5.74) is 0.892. The molecule has 10 heteroatoms. The van der Waals surface area contributed by atoms with Crippen molar-refractivity contribution in [3.05, 3.63) is 24.0 Å². The summed E-state index contributed by atoms with van der Waals surface area (Å²) in [7, 11) is 0. The molecular weight excluding hydrogens is 383 g/mol. The fraction of sp³-hybridized carbons (Fsp3) is 0.579. The number of nitrogens with zero attached hydrogens (tertiary/aromatic N) is 4. The van der Waals surface area contributed by atoms with Gasteiger partial charge in [0.15, 0.2) is 0 Å². The van der Waals surface area contributed by atoms with Crippen molar-refractivity contribution < 1.29 is 28.9 Å². The molecule has 4 rings (SSSR count). The van der Waals surface area contributed by atoms with E-state index in [1.807, 2.05) is 4.90 Å². The number of aliphatic hydroxyl groups excluding tert-OH is 1. The third kappa shape index (κ3) is 3.95. The molecule has 3 aliphatic rings. The standard InChI is InChI=1S/C19H25FN4O5/c20-16-9-13(24-11-15(12-25)29-19(24)28)1-2-17(16)22-7-5-21(6-8-22)14-3-4-23(10-14)18(26)27/h1-2,9,14-15,25H,3-8,10-12H2,(H,26,27)/t14-,15-/m1/s1. The van der Waals surface area contributed by atoms with Crippen molar-refractivity contribution in [3.8, 4) is 0 Å². The topological polar surface area (TPSA) is 96.8 Å². The summed E-state index contributed by atoms with van der Waals surface area (Å²) in [6.07, 6.45) is -1.22. The predicted molar refractivity (Wildman–Crippen MR) is 103 cm³/mol. The van der Waals surface area contributed by atoms with Crippen molar-refractivity contribution in [2.45, 2.75) is 18.6 Å². The molecule has 0 saturated carbocycles. The molecule has 2 atom stereocenters. The van der Waals surface area contributed by atoms with Crippen LogP contribution in [0.3, 0.4) is 0 Å². The molecule has 3 fully saturated rings. The van der Waals surface area contributed by atoms with Crippen LogP contribution in [0.15, 0.2) is 18.2 Å². The number of rotatable bonds is 4. The first-order chi connectivity index (χ1) is 14.0. The highest BCUT2D eigenvalue weighted by Gasteiger charge is 2.34. The lowest BCUT2D eigenvalue weighted by atomic mass is 10.1. The van der Waals surface area contributed by atoms with Gasteiger partial charge in [0.2, 0.25) is 0 Å². The van der Waals surface area contributed by atoms with Gasteiger partial charge in [-0.1, -0.05) is 0 Å². The molecular formula is C19H25FN4O5. The molecule has 3 aliphatic heterocycles. The highest BCUT2D eigenvalue weighted by Crippen LogP contribution is 2.29. The van der Waals surface area contributed by atoms with E-state index in [-0.39, 0.29) is 19.2 Å². The lowest BCUT2D eigenvalue weighted by molar-refractivity contribution is 0.0963. The SMILES string of the molecule is O=C(O)N1CC[C@@H](N2CCN(c3ccc(N4C[C@H](CO)OC4=O)cc3F)CC2)C1. The maximum Gasteiger partial charge on any atom is 0.414 e. The Morgan fingerprint density at radius 1 is 1.17 bits per heavy atom. The number of benzene rings is 1. The van der Waals surface area contributed by atoms with Gasteiger partial charge in [0.05, 0.1) is 24.5 Å². The first kappa shape index (κ1) is 19.7. The number of carboxylic acid groups (broad SMARTS) is 1. The van der Waals surface area contributed by atoms with Crippen molar-refractivity contribution in [3.63, 3.8) is 0 Å². The summed E-state index contributed by atoms with van der Waals surface area (Å²) in [6.45, 7) is 3.81. The minimum absolute atomic E-state index is 0.196. The molecule has 9 nitrogen and oxygen atoms in total. The van der Waals surface area contributed by atoms with Crippen LogP contribution in [0.4, 0.5) is 25.4 Å². The quantitative estimate of drug-likeness (QED) is 0.768. The molecule has 29 heavy (non-hydrogen) atoms. The summed E-state index contributed by atoms with van der Waals surface area (Å²) >= 11 is 0. The van der Waals surface area contributed by atoms with Gasteiger partial charge in [-0.3, -0.25) is 9.80 Å². The Hall–Kier alpha value is -2.59. The van der Waals surface area contributed by atoms with Gasteiger partial charge in [-0.15, -0.1) is 0 Å². The van der Waals surface area contributed by atoms with Crippen LogP contribution in [0.2, 0.25) is 0 Å². The number of carbonyl (C=O) groups excluding carboxylic acids is 1. The number of aliphatic hydroxyl groups is 1. The molecule has 0 aliphatic carbocycles. The van der Waals surface area contributed by atoms with Crippen molar-refractivity contribution in [1.82, 2.24) is 9.80 Å². The molecule has 2 N–H and O–H groups in total. The molecule has 0 bridgehead atoms. The number of anilines is 2. The molecule has 1 aromatic carbocycles. The number of cyclic esters (lactones) is 1. The summed E-state index contributed by atoms with van der Waals surface area (Å²) < 4.78 is 19.8. The number of halogens is 1. The monoisotopic (exact) mass is 408 g/mol. The molecule has 0 aromatic heterocycles. The number of hydrogen-bond acceptors (Lipinski definition) is 6. The van der Waals surface area contributed by atoms with E-state index in [1.165, 1.54) is 15.9 Å². The number of piperazine rings is 1. The predicted octanol–water partition coefficient (Wildman–Crippen LogP) is 1.02. The molecule has 1 aromatic rings. The van der Waals surface area contributed by atoms with Gasteiger partial charge in [0.1, 0.15) is 11.9 Å². The zero-order valence-electron chi connectivity index (χ0n) is 16.0. The van der Waals surface area contributed by atoms with Crippen molar-refractivity contribution in [2.75, 3.05) is 62.2 Å². The minimum atomic E-state index is -0.875. The van der Waals surface area contributed by atoms with E-state index in [1.54, 1.807) is 12.1 Å². The van der Waals surface area contributed by atoms with Crippen LogP contribution in [0.25, 0.3) is 0 Å². The van der Waals surface area contributed by atoms with E-state index in [0.717, 1.165) is 19.5 Å². The van der Waals surface area contributed by atoms with Gasteiger partial charge in [0, 0.05) is 45.3 Å². The van der Waals surface area contributed by atoms with Crippen LogP contribution in [-0.4, -0.2) is 96.8 Å². The van der Waals surface area contributed by atoms with Gasteiger partial charge in [0.25, 0.3) is 0 Å². The van der Waals surface area contributed by atoms with E-state index in [9.17, 15) is 14.0 Å². The second-order valence-corrected chi connectivity index (χ2v) is 7.63. The van der Waals surface area contributed by atoms with Crippen molar-refractivity contribution in [2.24, 2.45) is 0 Å². The number of likely N-dealkylation sites (tertiary alicyclic amines) is 1. The average Bonchev–Trinajstić information content (AvgIpc) is 3.35. The Balaban J connectivity index is 1.37. The van der Waals surface area contributed by atoms with E-state index in [2.05, 4.69) is 4.90 Å². The third-order valence-corrected chi connectivity index (χ3v) is 5.93. The van der Waals surface area contributed by atoms with Crippen molar-refractivity contribution in [1.29, 1.82) is 0 Å². The first-order valence-electron chi connectivity index (χ1n) is 9.81. The molecule has 0 unspecified atom stereocenters. The summed E-state index contributed by atoms with van der Waals surface area (Å²) in [6, 6.07) is 4.90. The van der Waals surface area contributed by atoms with Gasteiger partial charge >= 0.3 is 12.2 Å². The third-order valence-electron chi connectivity index (χ3n) is 5.93. The first-order valence-corrected chi connectivity index (χ1v) is 9.81. The Morgan fingerprint density at radius 3 is 2.52 bits per heavy atom. The van der Waals surface area contributed by atoms with E-state index in [0.29, 0.717) is 37.6 Å². The molecule has 0 spiro atoms. The molecule has 3 saturated heterocycles. The molecule has 3 heterocycles. The zero-order chi connectivity index (χ0) is 20.5. The maximum atomic E-state index is 14.8. The average molecular weight is 408 g/mol. The minimum Gasteiger partial charge on any atom is -0.465 e. The maximum absolute atomic E-state index is 14.8. The normalized spacial score (nSPS) is 25.6. The largest absolute Gasteiger partial charge is 0.465 e. The van der Waals surface area contributed by atoms with Crippen LogP contribution < -0.4 is 9.80 Å². The highest BCUT2D eigenvalue weighted by atomic mass is 19.1. The number of amides is 2. The lowest BCUT2D eigenvalue weighted by Crippen LogP contribution is -2.51. The van der Waals surface area contributed by atoms with Crippen LogP contribution in [0.1, 0.15) is 6.42 Å². The molecule has 158 valence electrons. The second kappa shape index (κ2) is 8.03. The fourth-order valence-electron chi connectivity index (χ4n) is 4.29. The van der Waals surface area contributed by atoms with Crippen molar-refractivity contribution >= 4 is 23.6 Å². The summed E-state index contributed by atoms with van der Waals surface area (Å²) in [5.74, 6) is -0.408. The summed E-state index contributed by atoms with van der Waals surface area (Å²) in [4.78, 5) is 30.0. The fourth-order valence-corrected chi connectivity index (χ4v) is 4.29. The second-order valence-electron chi connectivity index (χ2n) is 7.63. The molecule has 2 amide bonds. The number of ether oxygens (including phenoxy) is 1. The van der Waals surface area contributed by atoms with Gasteiger partial charge in [-0.2, -0.15) is 0 Å². The van der Waals surface area contributed by atoms with Crippen LogP contribution >= 0.6 is 0 Å². The van der Waals surface area contributed by atoms with Gasteiger partial charge < -0.3 is 24.7 Å². The Morgan fingerprint density at radius 2 is 1.93 bits per heavy atom. The van der Waals surface area contributed by atoms with Crippen LogP contribution in [0, 0.1) is 5.82 Å². The van der Waals surface area contributed by atoms with E-state index < -0.39 is 24.1 Å². The van der Waals surface area contributed by atoms with Gasteiger partial charge in [-0.05, 0) is 24.6 Å². The van der Waals surface area contributed by atoms with Crippen LogP contribution in [0.5, 0.6) is 0 Å². The number of carbonyl (C=O) groups is 2. The molecule has 0 radical (unpaired) electrons. The Kier molecular flexibility index (Phi) is 5.46. The zero-order valence-corrected chi connectivity index (χ0v) is 16.0. The van der Waals surface area contributed by atoms with E-state index in [4.69, 9.17) is 14.9 Å². The van der Waals surface area contributed by atoms with Gasteiger partial charge in [-0.25, -0.2) is 14.0 Å². The summed E-state index contributed by atoms with van der Waals surface area (Å²) in [5, 5.41) is 18.2.